The minimum Gasteiger partial charge on any atom is -0.569 e. The number of nitrogens with zero attached hydrogens (tertiary/aromatic N) is 4. The van der Waals surface area contributed by atoms with Crippen LogP contribution in [0.4, 0.5) is 0 Å². The van der Waals surface area contributed by atoms with Crippen molar-refractivity contribution in [3.63, 3.8) is 0 Å². The molecule has 0 amide bonds. The van der Waals surface area contributed by atoms with E-state index in [-0.39, 0.29) is 18.2 Å². The Labute approximate surface area is 125 Å². The quantitative estimate of drug-likeness (QED) is 0.454. The molecule has 0 aliphatic carbocycles. The van der Waals surface area contributed by atoms with Crippen LogP contribution in [0.15, 0.2) is 5.28 Å². The number of carboxylic acids is 1. The van der Waals surface area contributed by atoms with Gasteiger partial charge in [-0.25, -0.2) is 0 Å². The first-order chi connectivity index (χ1) is 9.74. The second-order valence-corrected chi connectivity index (χ2v) is 6.20. The van der Waals surface area contributed by atoms with Crippen molar-refractivity contribution in [3.8, 4) is 0 Å². The normalized spacial score (nSPS) is 18.6. The third-order valence-electron chi connectivity index (χ3n) is 3.44. The standard InChI is InChI=1S/C13H26N4O4/c1-5-16(13(2,3)4)17(20)14-21-11-6-8-15(9-7-11)10-12(18)19/h11H,5-10H2,1-4H3,(H,18,19)/b17-14-. The van der Waals surface area contributed by atoms with E-state index in [4.69, 9.17) is 9.94 Å². The van der Waals surface area contributed by atoms with Gasteiger partial charge in [-0.2, -0.15) is 0 Å². The van der Waals surface area contributed by atoms with Crippen molar-refractivity contribution < 1.29 is 19.7 Å². The summed E-state index contributed by atoms with van der Waals surface area (Å²) in [5.41, 5.74) is -0.325. The van der Waals surface area contributed by atoms with Gasteiger partial charge < -0.3 is 15.2 Å². The van der Waals surface area contributed by atoms with Gasteiger partial charge in [0.05, 0.1) is 23.6 Å². The van der Waals surface area contributed by atoms with E-state index in [0.717, 1.165) is 0 Å². The molecule has 1 fully saturated rings. The molecule has 122 valence electrons. The van der Waals surface area contributed by atoms with Gasteiger partial charge in [0, 0.05) is 13.1 Å². The minimum absolute atomic E-state index is 0.0468. The molecule has 0 radical (unpaired) electrons. The van der Waals surface area contributed by atoms with Crippen molar-refractivity contribution >= 4 is 5.97 Å². The van der Waals surface area contributed by atoms with Gasteiger partial charge in [-0.3, -0.25) is 9.69 Å². The minimum atomic E-state index is -0.825. The van der Waals surface area contributed by atoms with Gasteiger partial charge in [0.15, 0.2) is 0 Å². The summed E-state index contributed by atoms with van der Waals surface area (Å²) in [6.07, 6.45) is 1.21. The van der Waals surface area contributed by atoms with E-state index in [2.05, 4.69) is 5.28 Å². The predicted octanol–water partition coefficient (Wildman–Crippen LogP) is 1.46. The fourth-order valence-corrected chi connectivity index (χ4v) is 2.37. The lowest BCUT2D eigenvalue weighted by molar-refractivity contribution is -0.725. The van der Waals surface area contributed by atoms with E-state index < -0.39 is 5.97 Å². The van der Waals surface area contributed by atoms with Crippen molar-refractivity contribution in [2.24, 2.45) is 5.28 Å². The number of likely N-dealkylation sites (tertiary alicyclic amines) is 1. The summed E-state index contributed by atoms with van der Waals surface area (Å²) in [6.45, 7) is 9.55. The van der Waals surface area contributed by atoms with Crippen molar-refractivity contribution in [3.05, 3.63) is 5.21 Å². The van der Waals surface area contributed by atoms with Gasteiger partial charge in [0.2, 0.25) is 5.28 Å². The summed E-state index contributed by atoms with van der Waals surface area (Å²) in [4.78, 5) is 18.3. The SMILES string of the molecule is CCN(/[N+]([O-])=N/OC1CCN(CC(=O)O)CC1)C(C)(C)C. The van der Waals surface area contributed by atoms with E-state index in [1.54, 1.807) is 5.01 Å². The van der Waals surface area contributed by atoms with Gasteiger partial charge in [0.25, 0.3) is 0 Å². The smallest absolute Gasteiger partial charge is 0.317 e. The lowest BCUT2D eigenvalue weighted by atomic mass is 10.1. The number of aliphatic carboxylic acids is 1. The molecule has 0 bridgehead atoms. The zero-order valence-corrected chi connectivity index (χ0v) is 13.3. The summed E-state index contributed by atoms with van der Waals surface area (Å²) in [5, 5.41) is 25.9. The van der Waals surface area contributed by atoms with Crippen LogP contribution in [0, 0.1) is 5.21 Å². The number of carbonyl (C=O) groups is 1. The van der Waals surface area contributed by atoms with E-state index >= 15 is 0 Å². The first-order valence-electron chi connectivity index (χ1n) is 7.29. The first-order valence-corrected chi connectivity index (χ1v) is 7.29. The van der Waals surface area contributed by atoms with E-state index in [1.807, 2.05) is 32.6 Å². The van der Waals surface area contributed by atoms with Crippen molar-refractivity contribution in [1.29, 1.82) is 0 Å². The van der Waals surface area contributed by atoms with E-state index in [1.165, 1.54) is 0 Å². The molecule has 8 heteroatoms. The number of hydrazine groups is 1. The van der Waals surface area contributed by atoms with Gasteiger partial charge in [0.1, 0.15) is 6.10 Å². The largest absolute Gasteiger partial charge is 0.569 e. The van der Waals surface area contributed by atoms with Gasteiger partial charge in [-0.15, -0.1) is 5.01 Å². The number of rotatable bonds is 6. The Hall–Kier alpha value is -1.57. The molecule has 0 atom stereocenters. The van der Waals surface area contributed by atoms with Crippen LogP contribution in [0.5, 0.6) is 0 Å². The Balaban J connectivity index is 2.45. The fourth-order valence-electron chi connectivity index (χ4n) is 2.37. The topological polar surface area (TPSA) is 91.4 Å². The van der Waals surface area contributed by atoms with Crippen LogP contribution in [0.3, 0.4) is 0 Å². The molecule has 1 aliphatic heterocycles. The van der Waals surface area contributed by atoms with Crippen LogP contribution in [0.2, 0.25) is 0 Å². The van der Waals surface area contributed by atoms with Crippen molar-refractivity contribution in [1.82, 2.24) is 9.91 Å². The maximum absolute atomic E-state index is 11.9. The fraction of sp³-hybridized carbons (Fsp3) is 0.923. The molecular formula is C13H26N4O4. The Bertz CT molecular complexity index is 373. The van der Waals surface area contributed by atoms with Gasteiger partial charge >= 0.3 is 5.97 Å². The number of hydrogen-bond donors (Lipinski definition) is 1. The molecule has 1 heterocycles. The van der Waals surface area contributed by atoms with Crippen LogP contribution in [-0.4, -0.2) is 63.8 Å². The number of hydrogen-bond acceptors (Lipinski definition) is 5. The molecule has 0 aromatic rings. The molecule has 0 spiro atoms. The average Bonchev–Trinajstić information content (AvgIpc) is 2.36. The summed E-state index contributed by atoms with van der Waals surface area (Å²) < 4.78 is 0. The lowest BCUT2D eigenvalue weighted by Crippen LogP contribution is -2.45. The highest BCUT2D eigenvalue weighted by Gasteiger charge is 2.28. The Morgan fingerprint density at radius 2 is 2.05 bits per heavy atom. The molecule has 0 saturated carbocycles. The maximum Gasteiger partial charge on any atom is 0.317 e. The average molecular weight is 302 g/mol. The summed E-state index contributed by atoms with van der Waals surface area (Å²) in [5.74, 6) is -0.825. The van der Waals surface area contributed by atoms with Gasteiger partial charge in [-0.1, -0.05) is 0 Å². The highest BCUT2D eigenvalue weighted by Crippen LogP contribution is 2.16. The Morgan fingerprint density at radius 1 is 1.48 bits per heavy atom. The molecule has 0 aromatic carbocycles. The molecule has 1 rings (SSSR count). The molecule has 0 unspecified atom stereocenters. The van der Waals surface area contributed by atoms with Crippen LogP contribution in [0.25, 0.3) is 0 Å². The monoisotopic (exact) mass is 302 g/mol. The highest BCUT2D eigenvalue weighted by atomic mass is 16.7. The van der Waals surface area contributed by atoms with Crippen LogP contribution >= 0.6 is 0 Å². The second-order valence-electron chi connectivity index (χ2n) is 6.20. The third kappa shape index (κ3) is 5.74. The van der Waals surface area contributed by atoms with Crippen LogP contribution < -0.4 is 0 Å². The molecule has 1 aliphatic rings. The molecule has 1 N–H and O–H groups in total. The summed E-state index contributed by atoms with van der Waals surface area (Å²) in [7, 11) is 0. The molecule has 8 nitrogen and oxygen atoms in total. The van der Waals surface area contributed by atoms with Crippen LogP contribution in [0.1, 0.15) is 40.5 Å². The molecule has 21 heavy (non-hydrogen) atoms. The zero-order valence-electron chi connectivity index (χ0n) is 13.3. The van der Waals surface area contributed by atoms with Crippen LogP contribution in [-0.2, 0) is 9.63 Å². The lowest BCUT2D eigenvalue weighted by Gasteiger charge is -2.30. The first kappa shape index (κ1) is 17.5. The second kappa shape index (κ2) is 7.44. The van der Waals surface area contributed by atoms with Crippen molar-refractivity contribution in [2.45, 2.75) is 52.2 Å². The third-order valence-corrected chi connectivity index (χ3v) is 3.44. The molecule has 0 aromatic heterocycles. The van der Waals surface area contributed by atoms with E-state index in [0.29, 0.717) is 37.4 Å². The Kier molecular flexibility index (Phi) is 6.19. The number of carboxylic acid groups (broad SMARTS) is 1. The predicted molar refractivity (Wildman–Crippen MR) is 76.4 cm³/mol. The van der Waals surface area contributed by atoms with Crippen molar-refractivity contribution in [2.75, 3.05) is 26.2 Å². The summed E-state index contributed by atoms with van der Waals surface area (Å²) >= 11 is 0. The number of piperidine rings is 1. The maximum atomic E-state index is 11.9. The molecular weight excluding hydrogens is 276 g/mol. The van der Waals surface area contributed by atoms with E-state index in [9.17, 15) is 10.0 Å². The zero-order chi connectivity index (χ0) is 16.0. The Morgan fingerprint density at radius 3 is 2.48 bits per heavy atom. The van der Waals surface area contributed by atoms with Gasteiger partial charge in [-0.05, 0) is 40.5 Å². The summed E-state index contributed by atoms with van der Waals surface area (Å²) in [6, 6.07) is 0. The highest BCUT2D eigenvalue weighted by molar-refractivity contribution is 5.69. The molecule has 1 saturated heterocycles.